The zero-order chi connectivity index (χ0) is 21.4. The van der Waals surface area contributed by atoms with Crippen molar-refractivity contribution >= 4 is 28.7 Å². The Morgan fingerprint density at radius 3 is 2.81 bits per heavy atom. The quantitative estimate of drug-likeness (QED) is 0.620. The molecule has 0 bridgehead atoms. The summed E-state index contributed by atoms with van der Waals surface area (Å²) in [6.45, 7) is 0.711. The summed E-state index contributed by atoms with van der Waals surface area (Å²) < 4.78 is 3.89. The number of amides is 1. The fourth-order valence-corrected chi connectivity index (χ4v) is 6.06. The summed E-state index contributed by atoms with van der Waals surface area (Å²) >= 11 is 1.54. The van der Waals surface area contributed by atoms with Crippen LogP contribution in [0.1, 0.15) is 49.9 Å². The number of aromatic nitrogens is 4. The van der Waals surface area contributed by atoms with Gasteiger partial charge < -0.3 is 9.88 Å². The number of thioether (sulfide) groups is 1. The van der Waals surface area contributed by atoms with Crippen LogP contribution in [0, 0.1) is 5.92 Å². The highest BCUT2D eigenvalue weighted by atomic mass is 32.2. The van der Waals surface area contributed by atoms with Crippen LogP contribution in [-0.2, 0) is 11.8 Å². The summed E-state index contributed by atoms with van der Waals surface area (Å²) in [6.07, 6.45) is 6.27. The maximum absolute atomic E-state index is 12.5. The third-order valence-corrected chi connectivity index (χ3v) is 7.77. The molecule has 0 unspecified atom stereocenters. The van der Waals surface area contributed by atoms with Crippen LogP contribution in [-0.4, -0.2) is 37.3 Å². The maximum atomic E-state index is 12.5. The number of nitrogens with zero attached hydrogens (tertiary/aromatic N) is 4. The maximum Gasteiger partial charge on any atom is 0.254 e. The van der Waals surface area contributed by atoms with Gasteiger partial charge >= 0.3 is 0 Å². The summed E-state index contributed by atoms with van der Waals surface area (Å²) in [4.78, 5) is 33.7. The Balaban J connectivity index is 1.13. The lowest BCUT2D eigenvalue weighted by Gasteiger charge is -2.28. The van der Waals surface area contributed by atoms with Gasteiger partial charge in [-0.1, -0.05) is 23.9 Å². The first kappa shape index (κ1) is 20.3. The fourth-order valence-electron chi connectivity index (χ4n) is 4.94. The number of imidazole rings is 1. The molecule has 1 aliphatic heterocycles. The van der Waals surface area contributed by atoms with Gasteiger partial charge in [-0.15, -0.1) is 0 Å². The number of hydrogen-bond acceptors (Lipinski definition) is 5. The second kappa shape index (κ2) is 8.49. The molecule has 5 rings (SSSR count). The van der Waals surface area contributed by atoms with E-state index in [2.05, 4.69) is 40.1 Å². The van der Waals surface area contributed by atoms with Gasteiger partial charge in [0.25, 0.3) is 5.56 Å². The summed E-state index contributed by atoms with van der Waals surface area (Å²) in [5.41, 5.74) is 2.18. The Kier molecular flexibility index (Phi) is 5.56. The van der Waals surface area contributed by atoms with Crippen molar-refractivity contribution in [3.63, 3.8) is 0 Å². The third kappa shape index (κ3) is 4.01. The first-order valence-electron chi connectivity index (χ1n) is 11.0. The highest BCUT2D eigenvalue weighted by molar-refractivity contribution is 7.99. The molecule has 1 N–H and O–H groups in total. The average molecular weight is 438 g/mol. The lowest BCUT2D eigenvalue weighted by molar-refractivity contribution is -0.122. The molecule has 0 spiro atoms. The van der Waals surface area contributed by atoms with Crippen molar-refractivity contribution in [2.45, 2.75) is 49.2 Å². The van der Waals surface area contributed by atoms with Gasteiger partial charge in [-0.3, -0.25) is 14.2 Å². The summed E-state index contributed by atoms with van der Waals surface area (Å²) in [5, 5.41) is 3.83. The molecule has 7 nitrogen and oxygen atoms in total. The topological polar surface area (TPSA) is 81.8 Å². The van der Waals surface area contributed by atoms with Gasteiger partial charge in [0, 0.05) is 43.9 Å². The minimum atomic E-state index is -0.102. The van der Waals surface area contributed by atoms with Crippen LogP contribution in [0.15, 0.2) is 46.5 Å². The Hall–Kier alpha value is -2.61. The zero-order valence-corrected chi connectivity index (χ0v) is 18.5. The SMILES string of the molecule is Cn1c(C2CCC(CNC(=O)C[C@@H]3CSc4nccc(=O)n43)CC2)nc2ccccc21. The van der Waals surface area contributed by atoms with Crippen LogP contribution in [0.25, 0.3) is 11.0 Å². The number of aryl methyl sites for hydroxylation is 1. The van der Waals surface area contributed by atoms with Gasteiger partial charge in [-0.2, -0.15) is 0 Å². The summed E-state index contributed by atoms with van der Waals surface area (Å²) in [5.74, 6) is 2.91. The van der Waals surface area contributed by atoms with Crippen molar-refractivity contribution in [2.75, 3.05) is 12.3 Å². The Labute approximate surface area is 185 Å². The molecule has 162 valence electrons. The van der Waals surface area contributed by atoms with Gasteiger partial charge in [0.2, 0.25) is 5.91 Å². The number of carbonyl (C=O) groups is 1. The van der Waals surface area contributed by atoms with E-state index in [0.717, 1.165) is 37.0 Å². The monoisotopic (exact) mass is 437 g/mol. The van der Waals surface area contributed by atoms with Gasteiger partial charge in [0.1, 0.15) is 5.82 Å². The molecule has 1 aromatic carbocycles. The van der Waals surface area contributed by atoms with E-state index >= 15 is 0 Å². The molecule has 0 radical (unpaired) electrons. The molecule has 1 atom stereocenters. The van der Waals surface area contributed by atoms with E-state index in [4.69, 9.17) is 4.98 Å². The molecule has 2 aliphatic rings. The van der Waals surface area contributed by atoms with Crippen molar-refractivity contribution < 1.29 is 4.79 Å². The second-order valence-electron chi connectivity index (χ2n) is 8.64. The molecule has 0 saturated heterocycles. The van der Waals surface area contributed by atoms with Gasteiger partial charge in [-0.05, 0) is 43.7 Å². The van der Waals surface area contributed by atoms with E-state index in [0.29, 0.717) is 30.0 Å². The lowest BCUT2D eigenvalue weighted by Crippen LogP contribution is -2.34. The predicted molar refractivity (Wildman–Crippen MR) is 121 cm³/mol. The van der Waals surface area contributed by atoms with Crippen molar-refractivity contribution in [1.82, 2.24) is 24.4 Å². The number of benzene rings is 1. The molecule has 1 amide bonds. The number of nitrogens with one attached hydrogen (secondary N) is 1. The first-order chi connectivity index (χ1) is 15.1. The number of fused-ring (bicyclic) bond motifs is 2. The number of rotatable bonds is 5. The van der Waals surface area contributed by atoms with Gasteiger partial charge in [0.05, 0.1) is 17.1 Å². The molecular formula is C23H27N5O2S. The zero-order valence-electron chi connectivity index (χ0n) is 17.7. The van der Waals surface area contributed by atoms with E-state index < -0.39 is 0 Å². The van der Waals surface area contributed by atoms with Crippen molar-refractivity contribution in [1.29, 1.82) is 0 Å². The minimum absolute atomic E-state index is 0.0201. The van der Waals surface area contributed by atoms with Crippen molar-refractivity contribution in [3.8, 4) is 0 Å². The molecule has 31 heavy (non-hydrogen) atoms. The Morgan fingerprint density at radius 1 is 1.19 bits per heavy atom. The summed E-state index contributed by atoms with van der Waals surface area (Å²) in [6, 6.07) is 9.65. The summed E-state index contributed by atoms with van der Waals surface area (Å²) in [7, 11) is 2.11. The average Bonchev–Trinajstić information content (AvgIpc) is 3.35. The van der Waals surface area contributed by atoms with E-state index in [1.807, 2.05) is 6.07 Å². The number of hydrogen-bond donors (Lipinski definition) is 1. The third-order valence-electron chi connectivity index (χ3n) is 6.66. The predicted octanol–water partition coefficient (Wildman–Crippen LogP) is 3.26. The smallest absolute Gasteiger partial charge is 0.254 e. The van der Waals surface area contributed by atoms with E-state index in [9.17, 15) is 9.59 Å². The van der Waals surface area contributed by atoms with Crippen LogP contribution in [0.5, 0.6) is 0 Å². The lowest BCUT2D eigenvalue weighted by atomic mass is 9.81. The normalized spacial score (nSPS) is 23.1. The molecule has 3 heterocycles. The molecule has 3 aromatic rings. The van der Waals surface area contributed by atoms with E-state index in [1.165, 1.54) is 23.6 Å². The Bertz CT molecular complexity index is 1160. The van der Waals surface area contributed by atoms with Crippen LogP contribution in [0.2, 0.25) is 0 Å². The molecule has 1 fully saturated rings. The molecular weight excluding hydrogens is 410 g/mol. The number of carbonyl (C=O) groups excluding carboxylic acids is 1. The first-order valence-corrected chi connectivity index (χ1v) is 12.0. The van der Waals surface area contributed by atoms with Crippen molar-refractivity contribution in [3.05, 3.63) is 52.7 Å². The van der Waals surface area contributed by atoms with Crippen LogP contribution < -0.4 is 10.9 Å². The second-order valence-corrected chi connectivity index (χ2v) is 9.63. The minimum Gasteiger partial charge on any atom is -0.356 e. The molecule has 8 heteroatoms. The van der Waals surface area contributed by atoms with Crippen LogP contribution in [0.3, 0.4) is 0 Å². The van der Waals surface area contributed by atoms with Gasteiger partial charge in [0.15, 0.2) is 5.16 Å². The largest absolute Gasteiger partial charge is 0.356 e. The molecule has 2 aromatic heterocycles. The van der Waals surface area contributed by atoms with Gasteiger partial charge in [-0.25, -0.2) is 9.97 Å². The number of para-hydroxylation sites is 2. The fraction of sp³-hybridized carbons (Fsp3) is 0.478. The van der Waals surface area contributed by atoms with Crippen LogP contribution in [0.4, 0.5) is 0 Å². The Morgan fingerprint density at radius 2 is 2.00 bits per heavy atom. The standard InChI is InChI=1S/C23H27N5O2S/c1-27-19-5-3-2-4-18(19)26-22(27)16-8-6-15(7-9-16)13-25-20(29)12-17-14-31-23-24-11-10-21(30)28(17)23/h2-5,10-11,15-17H,6-9,12-14H2,1H3,(H,25,29)/t15?,16?,17-/m1/s1. The van der Waals surface area contributed by atoms with Crippen molar-refractivity contribution in [2.24, 2.45) is 13.0 Å². The molecule has 1 saturated carbocycles. The highest BCUT2D eigenvalue weighted by Crippen LogP contribution is 2.36. The van der Waals surface area contributed by atoms with E-state index in [-0.39, 0.29) is 17.5 Å². The van der Waals surface area contributed by atoms with Crippen LogP contribution >= 0.6 is 11.8 Å². The highest BCUT2D eigenvalue weighted by Gasteiger charge is 2.28. The molecule has 1 aliphatic carbocycles. The van der Waals surface area contributed by atoms with E-state index in [1.54, 1.807) is 16.3 Å².